The first-order valence-electron chi connectivity index (χ1n) is 7.60. The Bertz CT molecular complexity index is 703. The average Bonchev–Trinajstić information content (AvgIpc) is 2.51. The standard InChI is InChI=1S/C15H23NO7S2/c1-24(18,19)22-11-3-9-16(10-4-12-23-25(2,20)21)15-7-5-14(13-17)6-8-15/h5-8,13H,3-4,9-12H2,1-2H3. The molecule has 0 N–H and O–H groups in total. The smallest absolute Gasteiger partial charge is 0.264 e. The van der Waals surface area contributed by atoms with Crippen molar-refractivity contribution in [1.29, 1.82) is 0 Å². The number of hydrogen-bond acceptors (Lipinski definition) is 8. The second kappa shape index (κ2) is 9.85. The summed E-state index contributed by atoms with van der Waals surface area (Å²) in [5.41, 5.74) is 1.38. The lowest BCUT2D eigenvalue weighted by Crippen LogP contribution is -2.27. The summed E-state index contributed by atoms with van der Waals surface area (Å²) in [6.07, 6.45) is 3.66. The van der Waals surface area contributed by atoms with E-state index in [0.717, 1.165) is 24.5 Å². The van der Waals surface area contributed by atoms with Gasteiger partial charge in [-0.05, 0) is 37.1 Å². The summed E-state index contributed by atoms with van der Waals surface area (Å²) in [5, 5.41) is 0. The highest BCUT2D eigenvalue weighted by Crippen LogP contribution is 2.16. The molecule has 10 heteroatoms. The van der Waals surface area contributed by atoms with E-state index in [0.29, 0.717) is 31.5 Å². The van der Waals surface area contributed by atoms with Crippen LogP contribution >= 0.6 is 0 Å². The molecule has 0 amide bonds. The molecule has 0 aliphatic carbocycles. The van der Waals surface area contributed by atoms with E-state index in [2.05, 4.69) is 0 Å². The minimum atomic E-state index is -3.48. The maximum atomic E-state index is 11.0. The third kappa shape index (κ3) is 10.2. The number of aldehydes is 1. The van der Waals surface area contributed by atoms with Crippen LogP contribution in [0.25, 0.3) is 0 Å². The van der Waals surface area contributed by atoms with Crippen LogP contribution < -0.4 is 4.90 Å². The highest BCUT2D eigenvalue weighted by molar-refractivity contribution is 7.86. The van der Waals surface area contributed by atoms with Gasteiger partial charge in [-0.2, -0.15) is 16.8 Å². The maximum Gasteiger partial charge on any atom is 0.264 e. The molecule has 0 saturated heterocycles. The zero-order valence-corrected chi connectivity index (χ0v) is 15.9. The lowest BCUT2D eigenvalue weighted by molar-refractivity contribution is 0.112. The van der Waals surface area contributed by atoms with Gasteiger partial charge in [0.05, 0.1) is 25.7 Å². The fourth-order valence-electron chi connectivity index (χ4n) is 2.07. The average molecular weight is 393 g/mol. The number of hydrogen-bond donors (Lipinski definition) is 0. The van der Waals surface area contributed by atoms with E-state index in [9.17, 15) is 21.6 Å². The molecular formula is C15H23NO7S2. The van der Waals surface area contributed by atoms with Gasteiger partial charge in [0.1, 0.15) is 6.29 Å². The van der Waals surface area contributed by atoms with Crippen molar-refractivity contribution >= 4 is 32.2 Å². The summed E-state index contributed by atoms with van der Waals surface area (Å²) >= 11 is 0. The topological polar surface area (TPSA) is 107 Å². The molecule has 8 nitrogen and oxygen atoms in total. The van der Waals surface area contributed by atoms with Crippen LogP contribution in [0.5, 0.6) is 0 Å². The van der Waals surface area contributed by atoms with E-state index in [1.165, 1.54) is 0 Å². The highest BCUT2D eigenvalue weighted by atomic mass is 32.2. The van der Waals surface area contributed by atoms with E-state index in [1.54, 1.807) is 24.3 Å². The van der Waals surface area contributed by atoms with Crippen LogP contribution in [0.4, 0.5) is 5.69 Å². The fraction of sp³-hybridized carbons (Fsp3) is 0.533. The third-order valence-corrected chi connectivity index (χ3v) is 4.32. The summed E-state index contributed by atoms with van der Waals surface area (Å²) in [7, 11) is -6.95. The Balaban J connectivity index is 2.63. The van der Waals surface area contributed by atoms with Crippen LogP contribution in [0.15, 0.2) is 24.3 Å². The van der Waals surface area contributed by atoms with Gasteiger partial charge >= 0.3 is 0 Å². The number of rotatable bonds is 12. The highest BCUT2D eigenvalue weighted by Gasteiger charge is 2.09. The maximum absolute atomic E-state index is 11.0. The van der Waals surface area contributed by atoms with Gasteiger partial charge < -0.3 is 4.90 Å². The molecule has 0 bridgehead atoms. The minimum Gasteiger partial charge on any atom is -0.371 e. The van der Waals surface area contributed by atoms with E-state index in [1.807, 2.05) is 4.90 Å². The van der Waals surface area contributed by atoms with Gasteiger partial charge in [-0.15, -0.1) is 0 Å². The first-order valence-corrected chi connectivity index (χ1v) is 11.2. The van der Waals surface area contributed by atoms with Crippen molar-refractivity contribution in [3.63, 3.8) is 0 Å². The van der Waals surface area contributed by atoms with Crippen LogP contribution in [0.3, 0.4) is 0 Å². The summed E-state index contributed by atoms with van der Waals surface area (Å²) in [6.45, 7) is 1.13. The number of carbonyl (C=O) groups excluding carboxylic acids is 1. The molecule has 0 atom stereocenters. The molecule has 25 heavy (non-hydrogen) atoms. The van der Waals surface area contributed by atoms with Crippen molar-refractivity contribution in [2.45, 2.75) is 12.8 Å². The number of anilines is 1. The molecular weight excluding hydrogens is 370 g/mol. The molecule has 0 heterocycles. The Kier molecular flexibility index (Phi) is 8.50. The Morgan fingerprint density at radius 1 is 0.880 bits per heavy atom. The fourth-order valence-corrected chi connectivity index (χ4v) is 2.91. The van der Waals surface area contributed by atoms with Gasteiger partial charge in [0.25, 0.3) is 20.2 Å². The molecule has 0 aromatic heterocycles. The Morgan fingerprint density at radius 2 is 1.32 bits per heavy atom. The lowest BCUT2D eigenvalue weighted by Gasteiger charge is -2.25. The molecule has 142 valence electrons. The van der Waals surface area contributed by atoms with E-state index in [4.69, 9.17) is 8.37 Å². The van der Waals surface area contributed by atoms with Crippen molar-refractivity contribution in [2.75, 3.05) is 43.7 Å². The number of nitrogens with zero attached hydrogens (tertiary/aromatic N) is 1. The number of carbonyl (C=O) groups is 1. The lowest BCUT2D eigenvalue weighted by atomic mass is 10.2. The SMILES string of the molecule is CS(=O)(=O)OCCCN(CCCOS(C)(=O)=O)c1ccc(C=O)cc1. The second-order valence-electron chi connectivity index (χ2n) is 5.46. The van der Waals surface area contributed by atoms with E-state index >= 15 is 0 Å². The summed E-state index contributed by atoms with van der Waals surface area (Å²) < 4.78 is 53.4. The normalized spacial score (nSPS) is 12.1. The van der Waals surface area contributed by atoms with Crippen LogP contribution in [-0.4, -0.2) is 61.9 Å². The van der Waals surface area contributed by atoms with Crippen molar-refractivity contribution in [3.8, 4) is 0 Å². The van der Waals surface area contributed by atoms with Gasteiger partial charge in [-0.1, -0.05) is 0 Å². The molecule has 0 spiro atoms. The quantitative estimate of drug-likeness (QED) is 0.294. The third-order valence-electron chi connectivity index (χ3n) is 3.13. The Hall–Kier alpha value is -1.49. The van der Waals surface area contributed by atoms with Crippen LogP contribution in [0.1, 0.15) is 23.2 Å². The van der Waals surface area contributed by atoms with Gasteiger partial charge in [-0.3, -0.25) is 13.2 Å². The zero-order chi connectivity index (χ0) is 18.9. The molecule has 0 unspecified atom stereocenters. The van der Waals surface area contributed by atoms with Gasteiger partial charge in [0, 0.05) is 24.3 Å². The molecule has 0 aliphatic rings. The molecule has 0 aliphatic heterocycles. The minimum absolute atomic E-state index is 0.0571. The molecule has 0 radical (unpaired) electrons. The van der Waals surface area contributed by atoms with Crippen LogP contribution in [0.2, 0.25) is 0 Å². The largest absolute Gasteiger partial charge is 0.371 e. The second-order valence-corrected chi connectivity index (χ2v) is 8.74. The van der Waals surface area contributed by atoms with Gasteiger partial charge in [0.2, 0.25) is 0 Å². The van der Waals surface area contributed by atoms with Crippen LogP contribution in [0, 0.1) is 0 Å². The van der Waals surface area contributed by atoms with Crippen molar-refractivity contribution in [2.24, 2.45) is 0 Å². The first kappa shape index (κ1) is 21.6. The molecule has 1 rings (SSSR count). The van der Waals surface area contributed by atoms with Gasteiger partial charge in [-0.25, -0.2) is 0 Å². The monoisotopic (exact) mass is 393 g/mol. The van der Waals surface area contributed by atoms with Crippen molar-refractivity contribution in [3.05, 3.63) is 29.8 Å². The van der Waals surface area contributed by atoms with E-state index < -0.39 is 20.2 Å². The predicted octanol–water partition coefficient (Wildman–Crippen LogP) is 1.04. The first-order chi connectivity index (χ1) is 11.6. The number of benzene rings is 1. The molecule has 1 aromatic rings. The Labute approximate surface area is 149 Å². The van der Waals surface area contributed by atoms with Crippen molar-refractivity contribution < 1.29 is 30.0 Å². The molecule has 1 aromatic carbocycles. The van der Waals surface area contributed by atoms with Crippen molar-refractivity contribution in [1.82, 2.24) is 0 Å². The van der Waals surface area contributed by atoms with E-state index in [-0.39, 0.29) is 13.2 Å². The van der Waals surface area contributed by atoms with Crippen LogP contribution in [-0.2, 0) is 28.6 Å². The zero-order valence-electron chi connectivity index (χ0n) is 14.3. The van der Waals surface area contributed by atoms with Gasteiger partial charge in [0.15, 0.2) is 0 Å². The molecule has 0 saturated carbocycles. The summed E-state index contributed by atoms with van der Waals surface area (Å²) in [4.78, 5) is 12.7. The predicted molar refractivity (Wildman–Crippen MR) is 94.9 cm³/mol. The summed E-state index contributed by atoms with van der Waals surface area (Å²) in [5.74, 6) is 0. The molecule has 0 fully saturated rings. The summed E-state index contributed by atoms with van der Waals surface area (Å²) in [6, 6.07) is 6.90. The Morgan fingerprint density at radius 3 is 1.68 bits per heavy atom.